The van der Waals surface area contributed by atoms with Crippen LogP contribution in [-0.4, -0.2) is 15.4 Å². The van der Waals surface area contributed by atoms with Crippen LogP contribution in [0.5, 0.6) is 0 Å². The molecule has 1 atom stereocenters. The number of rotatable bonds is 4. The first-order valence-corrected chi connectivity index (χ1v) is 7.17. The molecule has 0 aliphatic rings. The van der Waals surface area contributed by atoms with Gasteiger partial charge in [-0.25, -0.2) is 4.79 Å². The van der Waals surface area contributed by atoms with Gasteiger partial charge < -0.3 is 10.4 Å². The molecule has 0 aromatic carbocycles. The van der Waals surface area contributed by atoms with Gasteiger partial charge in [-0.15, -0.1) is 11.3 Å². The number of anilines is 1. The number of aromatic nitrogens is 1. The first-order chi connectivity index (χ1) is 8.49. The maximum Gasteiger partial charge on any atom is 0.340 e. The van der Waals surface area contributed by atoms with E-state index >= 15 is 0 Å². The molecule has 2 N–H and O–H groups in total. The van der Waals surface area contributed by atoms with Crippen molar-refractivity contribution >= 4 is 45.4 Å². The van der Waals surface area contributed by atoms with Crippen molar-refractivity contribution in [1.82, 2.24) is 4.37 Å². The van der Waals surface area contributed by atoms with Crippen molar-refractivity contribution < 1.29 is 9.90 Å². The summed E-state index contributed by atoms with van der Waals surface area (Å²) in [6.45, 7) is 3.65. The fourth-order valence-corrected chi connectivity index (χ4v) is 3.49. The fraction of sp³-hybridized carbons (Fsp3) is 0.273. The zero-order valence-corrected chi connectivity index (χ0v) is 12.1. The topological polar surface area (TPSA) is 62.2 Å². The lowest BCUT2D eigenvalue weighted by atomic mass is 10.2. The van der Waals surface area contributed by atoms with Crippen molar-refractivity contribution in [2.45, 2.75) is 19.9 Å². The SMILES string of the molecule is Cc1nsc(NC(C)c2ccc(Cl)s2)c1C(=O)O. The quantitative estimate of drug-likeness (QED) is 0.895. The molecule has 2 rings (SSSR count). The molecule has 0 spiro atoms. The van der Waals surface area contributed by atoms with Gasteiger partial charge in [0.1, 0.15) is 10.6 Å². The number of carboxylic acid groups (broad SMARTS) is 1. The number of halogens is 1. The van der Waals surface area contributed by atoms with Crippen LogP contribution in [0.15, 0.2) is 12.1 Å². The summed E-state index contributed by atoms with van der Waals surface area (Å²) < 4.78 is 4.79. The summed E-state index contributed by atoms with van der Waals surface area (Å²) >= 11 is 8.52. The minimum absolute atomic E-state index is 0.000417. The van der Waals surface area contributed by atoms with E-state index < -0.39 is 5.97 Å². The van der Waals surface area contributed by atoms with Crippen LogP contribution < -0.4 is 5.32 Å². The lowest BCUT2D eigenvalue weighted by molar-refractivity contribution is 0.0697. The largest absolute Gasteiger partial charge is 0.478 e. The van der Waals surface area contributed by atoms with E-state index in [4.69, 9.17) is 16.7 Å². The Hall–Kier alpha value is -1.11. The molecular weight excluding hydrogens is 292 g/mol. The summed E-state index contributed by atoms with van der Waals surface area (Å²) in [5, 5.41) is 12.9. The molecule has 4 nitrogen and oxygen atoms in total. The standard InChI is InChI=1S/C11H11ClN2O2S2/c1-5(7-3-4-8(12)17-7)13-10-9(11(15)16)6(2)14-18-10/h3-5,13H,1-2H3,(H,15,16). The molecule has 0 fully saturated rings. The minimum Gasteiger partial charge on any atom is -0.478 e. The molecule has 2 aromatic heterocycles. The van der Waals surface area contributed by atoms with E-state index in [0.29, 0.717) is 10.7 Å². The van der Waals surface area contributed by atoms with Crippen molar-refractivity contribution in [2.24, 2.45) is 0 Å². The summed E-state index contributed by atoms with van der Waals surface area (Å²) in [5.41, 5.74) is 0.779. The van der Waals surface area contributed by atoms with E-state index in [1.165, 1.54) is 11.3 Å². The number of nitrogens with one attached hydrogen (secondary N) is 1. The van der Waals surface area contributed by atoms with Gasteiger partial charge in [0.25, 0.3) is 0 Å². The highest BCUT2D eigenvalue weighted by Gasteiger charge is 2.19. The Balaban J connectivity index is 2.22. The Morgan fingerprint density at radius 2 is 2.28 bits per heavy atom. The van der Waals surface area contributed by atoms with Crippen LogP contribution in [0.2, 0.25) is 4.34 Å². The van der Waals surface area contributed by atoms with Crippen LogP contribution >= 0.6 is 34.5 Å². The highest BCUT2D eigenvalue weighted by atomic mass is 35.5. The van der Waals surface area contributed by atoms with Crippen LogP contribution in [0.1, 0.15) is 33.9 Å². The number of hydrogen-bond acceptors (Lipinski definition) is 5. The summed E-state index contributed by atoms with van der Waals surface area (Å²) in [5.74, 6) is -0.958. The first-order valence-electron chi connectivity index (χ1n) is 5.20. The number of hydrogen-bond donors (Lipinski definition) is 2. The average Bonchev–Trinajstić information content (AvgIpc) is 2.85. The van der Waals surface area contributed by atoms with Gasteiger partial charge >= 0.3 is 5.97 Å². The Morgan fingerprint density at radius 1 is 1.56 bits per heavy atom. The molecule has 0 radical (unpaired) electrons. The predicted molar refractivity (Wildman–Crippen MR) is 75.2 cm³/mol. The molecule has 2 heterocycles. The molecule has 0 bridgehead atoms. The van der Waals surface area contributed by atoms with Gasteiger partial charge in [-0.05, 0) is 37.5 Å². The second-order valence-electron chi connectivity index (χ2n) is 3.79. The number of nitrogens with zero attached hydrogens (tertiary/aromatic N) is 1. The highest BCUT2D eigenvalue weighted by molar-refractivity contribution is 7.16. The lowest BCUT2D eigenvalue weighted by Crippen LogP contribution is -2.08. The summed E-state index contributed by atoms with van der Waals surface area (Å²) in [6, 6.07) is 3.76. The van der Waals surface area contributed by atoms with E-state index in [1.54, 1.807) is 6.92 Å². The highest BCUT2D eigenvalue weighted by Crippen LogP contribution is 2.32. The zero-order valence-electron chi connectivity index (χ0n) is 9.73. The molecule has 0 amide bonds. The summed E-state index contributed by atoms with van der Waals surface area (Å²) in [7, 11) is 0. The van der Waals surface area contributed by atoms with Crippen molar-refractivity contribution in [3.05, 3.63) is 32.6 Å². The zero-order chi connectivity index (χ0) is 13.3. The molecule has 96 valence electrons. The normalized spacial score (nSPS) is 12.4. The molecular formula is C11H11ClN2O2S2. The third kappa shape index (κ3) is 2.66. The molecule has 7 heteroatoms. The van der Waals surface area contributed by atoms with Crippen molar-refractivity contribution in [1.29, 1.82) is 0 Å². The van der Waals surface area contributed by atoms with Crippen LogP contribution in [0.4, 0.5) is 5.00 Å². The minimum atomic E-state index is -0.958. The van der Waals surface area contributed by atoms with Gasteiger partial charge in [0.15, 0.2) is 0 Å². The Labute approximate surface area is 117 Å². The molecule has 0 aliphatic heterocycles. The van der Waals surface area contributed by atoms with Gasteiger partial charge in [0.2, 0.25) is 0 Å². The van der Waals surface area contributed by atoms with Crippen LogP contribution in [-0.2, 0) is 0 Å². The van der Waals surface area contributed by atoms with Crippen molar-refractivity contribution in [3.8, 4) is 0 Å². The molecule has 1 unspecified atom stereocenters. The van der Waals surface area contributed by atoms with Crippen LogP contribution in [0.25, 0.3) is 0 Å². The van der Waals surface area contributed by atoms with Crippen LogP contribution in [0, 0.1) is 6.92 Å². The Kier molecular flexibility index (Phi) is 3.89. The Bertz CT molecular complexity index is 579. The van der Waals surface area contributed by atoms with E-state index in [2.05, 4.69) is 9.69 Å². The third-order valence-corrected chi connectivity index (χ3v) is 4.73. The second-order valence-corrected chi connectivity index (χ2v) is 6.31. The molecule has 0 aliphatic carbocycles. The van der Waals surface area contributed by atoms with E-state index in [9.17, 15) is 4.79 Å². The van der Waals surface area contributed by atoms with E-state index in [-0.39, 0.29) is 11.6 Å². The lowest BCUT2D eigenvalue weighted by Gasteiger charge is -2.12. The summed E-state index contributed by atoms with van der Waals surface area (Å²) in [4.78, 5) is 12.2. The van der Waals surface area contributed by atoms with Gasteiger partial charge in [-0.2, -0.15) is 4.37 Å². The molecule has 0 saturated carbocycles. The van der Waals surface area contributed by atoms with Gasteiger partial charge in [0.05, 0.1) is 16.1 Å². The van der Waals surface area contributed by atoms with Crippen LogP contribution in [0.3, 0.4) is 0 Å². The van der Waals surface area contributed by atoms with Gasteiger partial charge in [0, 0.05) is 4.88 Å². The van der Waals surface area contributed by atoms with Crippen molar-refractivity contribution in [3.63, 3.8) is 0 Å². The number of carbonyl (C=O) groups is 1. The fourth-order valence-electron chi connectivity index (χ4n) is 1.55. The number of carboxylic acids is 1. The molecule has 18 heavy (non-hydrogen) atoms. The monoisotopic (exact) mass is 302 g/mol. The predicted octanol–water partition coefficient (Wildman–Crippen LogP) is 4.04. The second kappa shape index (κ2) is 5.26. The number of aryl methyl sites for hydroxylation is 1. The smallest absolute Gasteiger partial charge is 0.340 e. The third-order valence-electron chi connectivity index (χ3n) is 2.44. The van der Waals surface area contributed by atoms with E-state index in [1.807, 2.05) is 19.1 Å². The first kappa shape index (κ1) is 13.3. The Morgan fingerprint density at radius 3 is 2.83 bits per heavy atom. The average molecular weight is 303 g/mol. The van der Waals surface area contributed by atoms with Gasteiger partial charge in [-0.3, -0.25) is 0 Å². The number of thiophene rings is 1. The maximum atomic E-state index is 11.1. The number of aromatic carboxylic acids is 1. The van der Waals surface area contributed by atoms with Crippen molar-refractivity contribution in [2.75, 3.05) is 5.32 Å². The maximum absolute atomic E-state index is 11.1. The van der Waals surface area contributed by atoms with Gasteiger partial charge in [-0.1, -0.05) is 11.6 Å². The van der Waals surface area contributed by atoms with E-state index in [0.717, 1.165) is 20.7 Å². The molecule has 0 saturated heterocycles. The summed E-state index contributed by atoms with van der Waals surface area (Å²) in [6.07, 6.45) is 0. The molecule has 2 aromatic rings.